The first kappa shape index (κ1) is 25.0. The number of aromatic carboxylic acids is 1. The van der Waals surface area contributed by atoms with Crippen LogP contribution in [0.25, 0.3) is 0 Å². The van der Waals surface area contributed by atoms with Crippen molar-refractivity contribution in [2.75, 3.05) is 59.4 Å². The molecule has 180 valence electrons. The molecule has 0 unspecified atom stereocenters. The SMILES string of the molecule is COCOc1cccc([C@@H](CN2CC[C@H](OCOC)C2)N(C)c2ccc(C(=O)O)c(C)c2)c1. The summed E-state index contributed by atoms with van der Waals surface area (Å²) in [6.07, 6.45) is 1.12. The van der Waals surface area contributed by atoms with Gasteiger partial charge in [0.25, 0.3) is 0 Å². The first-order valence-corrected chi connectivity index (χ1v) is 11.0. The zero-order valence-corrected chi connectivity index (χ0v) is 19.8. The Labute approximate surface area is 195 Å². The molecular weight excluding hydrogens is 424 g/mol. The number of likely N-dealkylation sites (tertiary alicyclic amines) is 1. The maximum atomic E-state index is 11.5. The standard InChI is InChI=1S/C25H34N2O6/c1-18-12-20(8-9-23(18)25(28)29)26(2)24(15-27-11-10-22(14-27)33-17-31-4)19-6-5-7-21(13-19)32-16-30-3/h5-9,12-13,22,24H,10-11,14-17H2,1-4H3,(H,28,29)/t22-,24+/m0/s1. The van der Waals surface area contributed by atoms with Gasteiger partial charge in [0.15, 0.2) is 6.79 Å². The highest BCUT2D eigenvalue weighted by atomic mass is 16.7. The van der Waals surface area contributed by atoms with Gasteiger partial charge in [-0.2, -0.15) is 0 Å². The van der Waals surface area contributed by atoms with Gasteiger partial charge in [-0.3, -0.25) is 4.90 Å². The van der Waals surface area contributed by atoms with Gasteiger partial charge in [0, 0.05) is 46.6 Å². The molecule has 0 radical (unpaired) electrons. The first-order chi connectivity index (χ1) is 15.9. The van der Waals surface area contributed by atoms with Crippen LogP contribution in [0.15, 0.2) is 42.5 Å². The molecule has 0 amide bonds. The average Bonchev–Trinajstić information content (AvgIpc) is 3.26. The number of anilines is 1. The van der Waals surface area contributed by atoms with Crippen molar-refractivity contribution < 1.29 is 28.8 Å². The molecule has 0 saturated carbocycles. The first-order valence-electron chi connectivity index (χ1n) is 11.0. The lowest BCUT2D eigenvalue weighted by Crippen LogP contribution is -2.36. The van der Waals surface area contributed by atoms with E-state index in [1.807, 2.05) is 44.3 Å². The molecule has 1 heterocycles. The number of benzene rings is 2. The molecule has 1 saturated heterocycles. The molecule has 8 nitrogen and oxygen atoms in total. The van der Waals surface area contributed by atoms with Gasteiger partial charge >= 0.3 is 5.97 Å². The third-order valence-corrected chi connectivity index (χ3v) is 5.98. The van der Waals surface area contributed by atoms with E-state index >= 15 is 0 Å². The van der Waals surface area contributed by atoms with Crippen molar-refractivity contribution in [2.24, 2.45) is 0 Å². The zero-order chi connectivity index (χ0) is 23.8. The lowest BCUT2D eigenvalue weighted by Gasteiger charge is -2.34. The van der Waals surface area contributed by atoms with E-state index in [9.17, 15) is 9.90 Å². The Morgan fingerprint density at radius 2 is 1.97 bits per heavy atom. The molecule has 0 aliphatic carbocycles. The van der Waals surface area contributed by atoms with Gasteiger partial charge in [0.05, 0.1) is 17.7 Å². The molecule has 1 N–H and O–H groups in total. The van der Waals surface area contributed by atoms with Gasteiger partial charge in [0.2, 0.25) is 0 Å². The number of carboxylic acid groups (broad SMARTS) is 1. The van der Waals surface area contributed by atoms with Crippen LogP contribution in [0.5, 0.6) is 5.75 Å². The van der Waals surface area contributed by atoms with Gasteiger partial charge < -0.3 is 29.0 Å². The second kappa shape index (κ2) is 12.0. The van der Waals surface area contributed by atoms with Crippen molar-refractivity contribution in [3.8, 4) is 5.75 Å². The highest BCUT2D eigenvalue weighted by Crippen LogP contribution is 2.31. The molecule has 0 bridgehead atoms. The molecule has 2 aromatic carbocycles. The molecule has 0 aromatic heterocycles. The number of carboxylic acids is 1. The molecule has 8 heteroatoms. The number of hydrogen-bond donors (Lipinski definition) is 1. The number of likely N-dealkylation sites (N-methyl/N-ethyl adjacent to an activating group) is 1. The van der Waals surface area contributed by atoms with Crippen LogP contribution in [-0.2, 0) is 14.2 Å². The van der Waals surface area contributed by atoms with Crippen LogP contribution >= 0.6 is 0 Å². The van der Waals surface area contributed by atoms with Crippen LogP contribution in [0.3, 0.4) is 0 Å². The normalized spacial score (nSPS) is 17.2. The summed E-state index contributed by atoms with van der Waals surface area (Å²) in [7, 11) is 5.27. The quantitative estimate of drug-likeness (QED) is 0.484. The van der Waals surface area contributed by atoms with Crippen molar-refractivity contribution in [2.45, 2.75) is 25.5 Å². The van der Waals surface area contributed by atoms with E-state index in [-0.39, 0.29) is 18.9 Å². The van der Waals surface area contributed by atoms with Gasteiger partial charge in [-0.05, 0) is 54.8 Å². The van der Waals surface area contributed by atoms with E-state index in [1.165, 1.54) is 0 Å². The smallest absolute Gasteiger partial charge is 0.335 e. The summed E-state index contributed by atoms with van der Waals surface area (Å²) in [6.45, 7) is 4.88. The average molecular weight is 459 g/mol. The monoisotopic (exact) mass is 458 g/mol. The number of hydrogen-bond acceptors (Lipinski definition) is 7. The highest BCUT2D eigenvalue weighted by Gasteiger charge is 2.28. The van der Waals surface area contributed by atoms with E-state index in [0.717, 1.165) is 48.6 Å². The van der Waals surface area contributed by atoms with Gasteiger partial charge in [-0.1, -0.05) is 12.1 Å². The Hall–Kier alpha value is -2.65. The van der Waals surface area contributed by atoms with Gasteiger partial charge in [-0.15, -0.1) is 0 Å². The largest absolute Gasteiger partial charge is 0.478 e. The summed E-state index contributed by atoms with van der Waals surface area (Å²) < 4.78 is 21.5. The molecule has 2 aromatic rings. The molecule has 0 spiro atoms. The maximum absolute atomic E-state index is 11.5. The van der Waals surface area contributed by atoms with E-state index in [2.05, 4.69) is 15.9 Å². The third-order valence-electron chi connectivity index (χ3n) is 5.98. The predicted molar refractivity (Wildman–Crippen MR) is 126 cm³/mol. The minimum absolute atomic E-state index is 0.0207. The summed E-state index contributed by atoms with van der Waals surface area (Å²) in [5.74, 6) is -0.173. The second-order valence-electron chi connectivity index (χ2n) is 8.30. The third kappa shape index (κ3) is 6.68. The van der Waals surface area contributed by atoms with Crippen molar-refractivity contribution in [3.05, 3.63) is 59.2 Å². The minimum atomic E-state index is -0.916. The minimum Gasteiger partial charge on any atom is -0.478 e. The predicted octanol–water partition coefficient (Wildman–Crippen LogP) is 3.55. The number of rotatable bonds is 12. The van der Waals surface area contributed by atoms with Crippen LogP contribution in [0.4, 0.5) is 5.69 Å². The number of methoxy groups -OCH3 is 2. The summed E-state index contributed by atoms with van der Waals surface area (Å²) in [5.41, 5.74) is 3.11. The van der Waals surface area contributed by atoms with Crippen molar-refractivity contribution in [1.29, 1.82) is 0 Å². The molecule has 1 aliphatic rings. The number of carbonyl (C=O) groups is 1. The van der Waals surface area contributed by atoms with Gasteiger partial charge in [0.1, 0.15) is 12.5 Å². The fourth-order valence-corrected chi connectivity index (χ4v) is 4.19. The molecule has 33 heavy (non-hydrogen) atoms. The number of ether oxygens (including phenoxy) is 4. The Kier molecular flexibility index (Phi) is 9.08. The molecular formula is C25H34N2O6. The Balaban J connectivity index is 1.85. The van der Waals surface area contributed by atoms with E-state index < -0.39 is 5.97 Å². The van der Waals surface area contributed by atoms with Crippen molar-refractivity contribution >= 4 is 11.7 Å². The van der Waals surface area contributed by atoms with Crippen LogP contribution in [0, 0.1) is 6.92 Å². The van der Waals surface area contributed by atoms with E-state index in [1.54, 1.807) is 20.3 Å². The van der Waals surface area contributed by atoms with Crippen LogP contribution < -0.4 is 9.64 Å². The Morgan fingerprint density at radius 3 is 2.67 bits per heavy atom. The fourth-order valence-electron chi connectivity index (χ4n) is 4.19. The molecule has 2 atom stereocenters. The topological polar surface area (TPSA) is 80.7 Å². The highest BCUT2D eigenvalue weighted by molar-refractivity contribution is 5.89. The Morgan fingerprint density at radius 1 is 1.18 bits per heavy atom. The van der Waals surface area contributed by atoms with Crippen LogP contribution in [0.2, 0.25) is 0 Å². The second-order valence-corrected chi connectivity index (χ2v) is 8.30. The summed E-state index contributed by atoms with van der Waals surface area (Å²) >= 11 is 0. The molecule has 1 aliphatic heterocycles. The molecule has 3 rings (SSSR count). The fraction of sp³-hybridized carbons (Fsp3) is 0.480. The van der Waals surface area contributed by atoms with Crippen molar-refractivity contribution in [3.63, 3.8) is 0 Å². The number of nitrogens with zero attached hydrogens (tertiary/aromatic N) is 2. The van der Waals surface area contributed by atoms with Crippen LogP contribution in [0.1, 0.15) is 33.9 Å². The maximum Gasteiger partial charge on any atom is 0.335 e. The van der Waals surface area contributed by atoms with Crippen molar-refractivity contribution in [1.82, 2.24) is 4.90 Å². The lowest BCUT2D eigenvalue weighted by atomic mass is 10.0. The van der Waals surface area contributed by atoms with Crippen LogP contribution in [-0.4, -0.2) is 76.6 Å². The zero-order valence-electron chi connectivity index (χ0n) is 19.8. The lowest BCUT2D eigenvalue weighted by molar-refractivity contribution is -0.0671. The van der Waals surface area contributed by atoms with E-state index in [4.69, 9.17) is 18.9 Å². The number of aryl methyl sites for hydroxylation is 1. The Bertz CT molecular complexity index is 922. The summed E-state index contributed by atoms with van der Waals surface area (Å²) in [6, 6.07) is 13.5. The summed E-state index contributed by atoms with van der Waals surface area (Å²) in [5, 5.41) is 9.39. The molecule has 1 fully saturated rings. The summed E-state index contributed by atoms with van der Waals surface area (Å²) in [4.78, 5) is 16.0. The van der Waals surface area contributed by atoms with Gasteiger partial charge in [-0.25, -0.2) is 4.79 Å². The van der Waals surface area contributed by atoms with E-state index in [0.29, 0.717) is 12.4 Å².